The Labute approximate surface area is 160 Å². The summed E-state index contributed by atoms with van der Waals surface area (Å²) in [5, 5.41) is 9.73. The summed E-state index contributed by atoms with van der Waals surface area (Å²) in [5.74, 6) is 0.980. The second kappa shape index (κ2) is 8.54. The lowest BCUT2D eigenvalue weighted by Crippen LogP contribution is -2.40. The van der Waals surface area contributed by atoms with Crippen LogP contribution in [0.4, 0.5) is 11.8 Å². The Morgan fingerprint density at radius 2 is 1.67 bits per heavy atom. The van der Waals surface area contributed by atoms with Crippen molar-refractivity contribution in [1.29, 1.82) is 0 Å². The number of nitrogens with two attached hydrogens (primary N) is 1. The van der Waals surface area contributed by atoms with E-state index in [1.807, 2.05) is 13.8 Å². The fraction of sp³-hybridized carbons (Fsp3) is 0.684. The van der Waals surface area contributed by atoms with Gasteiger partial charge in [0, 0.05) is 30.7 Å². The van der Waals surface area contributed by atoms with E-state index in [1.54, 1.807) is 0 Å². The van der Waals surface area contributed by atoms with Gasteiger partial charge in [-0.1, -0.05) is 13.8 Å². The third kappa shape index (κ3) is 5.80. The van der Waals surface area contributed by atoms with Crippen LogP contribution in [0.1, 0.15) is 69.2 Å². The number of anilines is 2. The maximum absolute atomic E-state index is 11.9. The Balaban J connectivity index is 1.56. The van der Waals surface area contributed by atoms with Crippen molar-refractivity contribution in [3.05, 3.63) is 11.8 Å². The van der Waals surface area contributed by atoms with Gasteiger partial charge in [-0.2, -0.15) is 4.98 Å². The molecule has 1 aromatic rings. The second-order valence-corrected chi connectivity index (χ2v) is 8.10. The fourth-order valence-electron chi connectivity index (χ4n) is 3.38. The molecule has 3 rings (SSSR count). The van der Waals surface area contributed by atoms with Gasteiger partial charge in [0.05, 0.1) is 5.56 Å². The number of hydrogen-bond donors (Lipinski definition) is 4. The molecule has 0 unspecified atom stereocenters. The third-order valence-electron chi connectivity index (χ3n) is 4.99. The molecule has 1 heterocycles. The SMILES string of the molecule is CC(C)CC(=O)N[C@H]1CC[C@H](Nc2nc(NC3CC3)ncc2C(N)=O)CC1. The van der Waals surface area contributed by atoms with Crippen LogP contribution >= 0.6 is 0 Å². The van der Waals surface area contributed by atoms with Gasteiger partial charge in [0.15, 0.2) is 0 Å². The van der Waals surface area contributed by atoms with E-state index < -0.39 is 5.91 Å². The molecule has 8 nitrogen and oxygen atoms in total. The van der Waals surface area contributed by atoms with Crippen molar-refractivity contribution in [3.63, 3.8) is 0 Å². The number of rotatable bonds is 8. The molecular weight excluding hydrogens is 344 g/mol. The number of carbonyl (C=O) groups is 2. The minimum absolute atomic E-state index is 0.129. The summed E-state index contributed by atoms with van der Waals surface area (Å²) in [5.41, 5.74) is 5.78. The van der Waals surface area contributed by atoms with Gasteiger partial charge >= 0.3 is 0 Å². The monoisotopic (exact) mass is 374 g/mol. The topological polar surface area (TPSA) is 122 Å². The molecule has 2 saturated carbocycles. The molecule has 8 heteroatoms. The predicted octanol–water partition coefficient (Wildman–Crippen LogP) is 2.04. The number of aromatic nitrogens is 2. The van der Waals surface area contributed by atoms with Crippen LogP contribution in [0.15, 0.2) is 6.20 Å². The van der Waals surface area contributed by atoms with Crippen LogP contribution in [0.2, 0.25) is 0 Å². The highest BCUT2D eigenvalue weighted by Gasteiger charge is 2.26. The summed E-state index contributed by atoms with van der Waals surface area (Å²) < 4.78 is 0. The zero-order valence-electron chi connectivity index (χ0n) is 16.1. The van der Waals surface area contributed by atoms with E-state index in [-0.39, 0.29) is 18.0 Å². The molecule has 2 aliphatic rings. The van der Waals surface area contributed by atoms with Crippen molar-refractivity contribution in [2.75, 3.05) is 10.6 Å². The largest absolute Gasteiger partial charge is 0.367 e. The molecule has 148 valence electrons. The molecule has 0 radical (unpaired) electrons. The highest BCUT2D eigenvalue weighted by Crippen LogP contribution is 2.26. The molecule has 0 atom stereocenters. The first-order valence-corrected chi connectivity index (χ1v) is 9.90. The highest BCUT2D eigenvalue weighted by molar-refractivity contribution is 5.97. The number of primary amides is 1. The maximum atomic E-state index is 11.9. The van der Waals surface area contributed by atoms with Gasteiger partial charge in [-0.15, -0.1) is 0 Å². The van der Waals surface area contributed by atoms with Crippen LogP contribution in [0.3, 0.4) is 0 Å². The first kappa shape index (κ1) is 19.4. The van der Waals surface area contributed by atoms with Crippen molar-refractivity contribution in [1.82, 2.24) is 15.3 Å². The van der Waals surface area contributed by atoms with Gasteiger partial charge < -0.3 is 21.7 Å². The molecule has 1 aromatic heterocycles. The lowest BCUT2D eigenvalue weighted by Gasteiger charge is -2.30. The Morgan fingerprint density at radius 3 is 2.26 bits per heavy atom. The van der Waals surface area contributed by atoms with Gasteiger partial charge in [0.2, 0.25) is 11.9 Å². The Hall–Kier alpha value is -2.38. The lowest BCUT2D eigenvalue weighted by molar-refractivity contribution is -0.122. The molecule has 0 bridgehead atoms. The standard InChI is InChI=1S/C19H30N6O2/c1-11(2)9-16(26)22-12-3-5-13(6-4-12)23-18-15(17(20)27)10-21-19(25-18)24-14-7-8-14/h10-14H,3-9H2,1-2H3,(H2,20,27)(H,22,26)(H2,21,23,24,25)/t12-,13-. The number of hydrogen-bond acceptors (Lipinski definition) is 6. The zero-order valence-corrected chi connectivity index (χ0v) is 16.1. The van der Waals surface area contributed by atoms with Crippen molar-refractivity contribution in [2.24, 2.45) is 11.7 Å². The Kier molecular flexibility index (Phi) is 6.13. The van der Waals surface area contributed by atoms with Crippen LogP contribution in [-0.4, -0.2) is 39.9 Å². The lowest BCUT2D eigenvalue weighted by atomic mass is 9.91. The molecule has 0 spiro atoms. The van der Waals surface area contributed by atoms with Gasteiger partial charge in [0.1, 0.15) is 5.82 Å². The molecular formula is C19H30N6O2. The van der Waals surface area contributed by atoms with Crippen molar-refractivity contribution >= 4 is 23.6 Å². The van der Waals surface area contributed by atoms with E-state index in [1.165, 1.54) is 6.20 Å². The van der Waals surface area contributed by atoms with Gasteiger partial charge in [-0.05, 0) is 44.4 Å². The second-order valence-electron chi connectivity index (χ2n) is 8.10. The summed E-state index contributed by atoms with van der Waals surface area (Å²) in [6, 6.07) is 0.856. The van der Waals surface area contributed by atoms with Crippen LogP contribution in [-0.2, 0) is 4.79 Å². The van der Waals surface area contributed by atoms with E-state index >= 15 is 0 Å². The molecule has 2 aliphatic carbocycles. The van der Waals surface area contributed by atoms with Crippen molar-refractivity contribution < 1.29 is 9.59 Å². The summed E-state index contributed by atoms with van der Waals surface area (Å²) in [6.07, 6.45) is 7.92. The maximum Gasteiger partial charge on any atom is 0.254 e. The van der Waals surface area contributed by atoms with Gasteiger partial charge in [0.25, 0.3) is 5.91 Å². The molecule has 2 fully saturated rings. The summed E-state index contributed by atoms with van der Waals surface area (Å²) >= 11 is 0. The Bertz CT molecular complexity index is 681. The number of nitrogens with zero attached hydrogens (tertiary/aromatic N) is 2. The highest BCUT2D eigenvalue weighted by atomic mass is 16.2. The average molecular weight is 374 g/mol. The smallest absolute Gasteiger partial charge is 0.254 e. The van der Waals surface area contributed by atoms with Crippen LogP contribution in [0.25, 0.3) is 0 Å². The zero-order chi connectivity index (χ0) is 19.4. The number of nitrogens with one attached hydrogen (secondary N) is 3. The summed E-state index contributed by atoms with van der Waals surface area (Å²) in [4.78, 5) is 32.3. The van der Waals surface area contributed by atoms with Gasteiger partial charge in [-0.3, -0.25) is 9.59 Å². The van der Waals surface area contributed by atoms with Gasteiger partial charge in [-0.25, -0.2) is 4.98 Å². The third-order valence-corrected chi connectivity index (χ3v) is 4.99. The van der Waals surface area contributed by atoms with E-state index in [4.69, 9.17) is 5.73 Å². The van der Waals surface area contributed by atoms with E-state index in [2.05, 4.69) is 25.9 Å². The summed E-state index contributed by atoms with van der Waals surface area (Å²) in [6.45, 7) is 4.09. The first-order chi connectivity index (χ1) is 12.9. The van der Waals surface area contributed by atoms with E-state index in [0.29, 0.717) is 35.7 Å². The molecule has 0 aromatic carbocycles. The molecule has 27 heavy (non-hydrogen) atoms. The molecule has 2 amide bonds. The molecule has 5 N–H and O–H groups in total. The van der Waals surface area contributed by atoms with Crippen molar-refractivity contribution in [2.45, 2.75) is 76.9 Å². The number of carbonyl (C=O) groups excluding carboxylic acids is 2. The van der Waals surface area contributed by atoms with Crippen LogP contribution in [0.5, 0.6) is 0 Å². The Morgan fingerprint density at radius 1 is 1.07 bits per heavy atom. The van der Waals surface area contributed by atoms with E-state index in [0.717, 1.165) is 38.5 Å². The first-order valence-electron chi connectivity index (χ1n) is 9.90. The minimum atomic E-state index is -0.537. The van der Waals surface area contributed by atoms with Crippen molar-refractivity contribution in [3.8, 4) is 0 Å². The molecule has 0 aliphatic heterocycles. The average Bonchev–Trinajstić information content (AvgIpc) is 3.40. The van der Waals surface area contributed by atoms with Crippen LogP contribution < -0.4 is 21.7 Å². The fourth-order valence-corrected chi connectivity index (χ4v) is 3.38. The quantitative estimate of drug-likeness (QED) is 0.552. The normalized spacial score (nSPS) is 22.3. The predicted molar refractivity (Wildman–Crippen MR) is 104 cm³/mol. The summed E-state index contributed by atoms with van der Waals surface area (Å²) in [7, 11) is 0. The number of amides is 2. The minimum Gasteiger partial charge on any atom is -0.367 e. The van der Waals surface area contributed by atoms with Crippen LogP contribution in [0, 0.1) is 5.92 Å². The van der Waals surface area contributed by atoms with E-state index in [9.17, 15) is 9.59 Å². The molecule has 0 saturated heterocycles.